The molecule has 0 aliphatic rings. The lowest BCUT2D eigenvalue weighted by atomic mass is 9.92. The van der Waals surface area contributed by atoms with Crippen LogP contribution in [0.1, 0.15) is 316 Å². The second-order valence-electron chi connectivity index (χ2n) is 21.4. The molecular weight excluding hydrogens is 1130 g/mol. The standard InChI is InChI=1S/C6H11F3.C6H14.C5H6F6.2C5H9F3.C5H12.2C4H7F3.4C4H10.C3H8.C2H6/c1-2-3-4-5-6(7,8)9;1-4-6(3)5-2;1-3(2,4(6,7)8)5(9,10)11;1-4(2,3)5(6,7)8;1-3-4(2)5(6,7)8;1-3-5-4-2;2*1-3(2)4(5,6)7;2*1-4(2)3;2*1-3-4-2;1-3-2;1-2/h2-5H2,1H3;6H,4-5H2,1-3H3;1-2H3;1-3H3;4H,3H2,1-2H3;3-5H2,1-2H3;2*3H,1-2H3;2*4H,1-3H3;2*3-4H2,1-2H3;3H2,1-2H3;1-2H3/i;;;;;;3D;;4D;;3D2;;;. The zero-order valence-electron chi connectivity index (χ0n) is 61.1. The van der Waals surface area contributed by atoms with E-state index in [0.717, 1.165) is 66.7 Å². The van der Waals surface area contributed by atoms with E-state index in [9.17, 15) is 92.2 Å². The Kier molecular flexibility index (Phi) is 83.7. The van der Waals surface area contributed by atoms with Crippen molar-refractivity contribution in [1.82, 2.24) is 0 Å². The highest BCUT2D eigenvalue weighted by Crippen LogP contribution is 2.49. The van der Waals surface area contributed by atoms with Crippen LogP contribution in [0.2, 0.25) is 0 Å². The van der Waals surface area contributed by atoms with Crippen molar-refractivity contribution in [3.63, 3.8) is 0 Å². The SMILES string of the molecule is CC.CC(C)(C(F)(F)F)C(F)(F)F.CC(C)(C)C(F)(F)F.CC(C)C.CC(C)C(F)(F)F.CCC.CCC(C)C(F)(F)F.CCC(C)CC.CCCC.CCCCC.CCCCCC(F)(F)F.[2H]C(C)(C)C.[2H]C(C)(C)C(F)(F)F.[2H]C([2H])(C)CC. The van der Waals surface area contributed by atoms with E-state index in [-0.39, 0.29) is 32.6 Å². The number of hydrogen-bond acceptors (Lipinski definition) is 0. The molecule has 21 heteroatoms. The summed E-state index contributed by atoms with van der Waals surface area (Å²) < 4.78 is 268. The molecular formula is C61H129F21. The second-order valence-corrected chi connectivity index (χ2v) is 21.4. The molecule has 0 heterocycles. The molecule has 0 nitrogen and oxygen atoms in total. The molecule has 0 aromatic heterocycles. The van der Waals surface area contributed by atoms with Gasteiger partial charge in [0, 0.05) is 23.7 Å². The highest BCUT2D eigenvalue weighted by atomic mass is 19.4. The lowest BCUT2D eigenvalue weighted by Gasteiger charge is -2.29. The lowest BCUT2D eigenvalue weighted by molar-refractivity contribution is -0.327. The van der Waals surface area contributed by atoms with Crippen LogP contribution in [0.25, 0.3) is 0 Å². The van der Waals surface area contributed by atoms with Crippen LogP contribution in [-0.2, 0) is 0 Å². The fraction of sp³-hybridized carbons (Fsp3) is 1.00. The molecule has 0 rings (SSSR count). The second kappa shape index (κ2) is 67.0. The highest BCUT2D eigenvalue weighted by molar-refractivity contribution is 4.84. The zero-order valence-corrected chi connectivity index (χ0v) is 57.1. The maximum absolute atomic E-state index is 11.6. The lowest BCUT2D eigenvalue weighted by Crippen LogP contribution is -2.44. The fourth-order valence-corrected chi connectivity index (χ4v) is 1.61. The van der Waals surface area contributed by atoms with Crippen molar-refractivity contribution in [1.29, 1.82) is 0 Å². The monoisotopic (exact) mass is 1270 g/mol. The summed E-state index contributed by atoms with van der Waals surface area (Å²) in [5.41, 5.74) is -5.19. The molecule has 82 heavy (non-hydrogen) atoms. The molecule has 0 aromatic rings. The first kappa shape index (κ1) is 102. The van der Waals surface area contributed by atoms with Gasteiger partial charge in [0.05, 0.1) is 11.3 Å². The predicted octanol–water partition coefficient (Wildman–Crippen LogP) is 29.9. The molecule has 1 unspecified atom stereocenters. The fourth-order valence-electron chi connectivity index (χ4n) is 1.61. The minimum atomic E-state index is -5.24. The van der Waals surface area contributed by atoms with Gasteiger partial charge in [0.1, 0.15) is 0 Å². The van der Waals surface area contributed by atoms with Crippen molar-refractivity contribution in [3.8, 4) is 0 Å². The van der Waals surface area contributed by atoms with Crippen LogP contribution in [0.4, 0.5) is 92.2 Å². The molecule has 0 fully saturated rings. The normalized spacial score (nSPS) is 12.8. The van der Waals surface area contributed by atoms with Gasteiger partial charge in [-0.25, -0.2) is 0 Å². The molecule has 0 aromatic carbocycles. The predicted molar refractivity (Wildman–Crippen MR) is 313 cm³/mol. The third kappa shape index (κ3) is 133. The topological polar surface area (TPSA) is 0 Å². The van der Waals surface area contributed by atoms with Gasteiger partial charge in [0.15, 0.2) is 5.41 Å². The van der Waals surface area contributed by atoms with Crippen molar-refractivity contribution in [3.05, 3.63) is 0 Å². The van der Waals surface area contributed by atoms with Gasteiger partial charge < -0.3 is 0 Å². The Labute approximate surface area is 497 Å². The molecule has 520 valence electrons. The summed E-state index contributed by atoms with van der Waals surface area (Å²) in [5, 5.41) is 0. The van der Waals surface area contributed by atoms with Crippen LogP contribution in [0.15, 0.2) is 0 Å². The van der Waals surface area contributed by atoms with Crippen LogP contribution in [-0.4, -0.2) is 43.2 Å². The van der Waals surface area contributed by atoms with Crippen LogP contribution in [0.3, 0.4) is 0 Å². The van der Waals surface area contributed by atoms with Crippen LogP contribution < -0.4 is 0 Å². The average Bonchev–Trinajstić information content (AvgIpc) is 3.27. The van der Waals surface area contributed by atoms with E-state index >= 15 is 0 Å². The zero-order chi connectivity index (χ0) is 74.2. The maximum Gasteiger partial charge on any atom is 0.402 e. The largest absolute Gasteiger partial charge is 0.402 e. The summed E-state index contributed by atoms with van der Waals surface area (Å²) in [6.07, 6.45) is -19.3. The van der Waals surface area contributed by atoms with E-state index in [1.54, 1.807) is 6.92 Å². The molecule has 0 saturated carbocycles. The molecule has 0 N–H and O–H groups in total. The Morgan fingerprint density at radius 3 is 0.622 bits per heavy atom. The summed E-state index contributed by atoms with van der Waals surface area (Å²) in [6, 6.07) is 0. The van der Waals surface area contributed by atoms with Gasteiger partial charge in [-0.2, -0.15) is 92.2 Å². The van der Waals surface area contributed by atoms with Gasteiger partial charge in [-0.1, -0.05) is 278 Å². The van der Waals surface area contributed by atoms with Gasteiger partial charge in [-0.05, 0) is 44.4 Å². The summed E-state index contributed by atoms with van der Waals surface area (Å²) in [5.74, 6) is -3.15. The first-order valence-corrected chi connectivity index (χ1v) is 28.8. The van der Waals surface area contributed by atoms with Crippen LogP contribution in [0, 0.1) is 46.3 Å². The highest BCUT2D eigenvalue weighted by Gasteiger charge is 2.64. The number of halogens is 21. The summed E-state index contributed by atoms with van der Waals surface area (Å²) in [4.78, 5) is 0. The number of unbranched alkanes of at least 4 members (excludes halogenated alkanes) is 5. The Bertz CT molecular complexity index is 1190. The van der Waals surface area contributed by atoms with Gasteiger partial charge >= 0.3 is 43.2 Å². The van der Waals surface area contributed by atoms with Crippen LogP contribution >= 0.6 is 0 Å². The van der Waals surface area contributed by atoms with Crippen molar-refractivity contribution < 1.29 is 97.7 Å². The molecule has 1 atom stereocenters. The van der Waals surface area contributed by atoms with Gasteiger partial charge in [-0.3, -0.25) is 0 Å². The van der Waals surface area contributed by atoms with E-state index in [0.29, 0.717) is 12.8 Å². The molecule has 0 aliphatic heterocycles. The summed E-state index contributed by atoms with van der Waals surface area (Å²) in [7, 11) is 0. The summed E-state index contributed by atoms with van der Waals surface area (Å²) >= 11 is 0. The Morgan fingerprint density at radius 2 is 0.585 bits per heavy atom. The third-order valence-corrected chi connectivity index (χ3v) is 8.68. The Hall–Kier alpha value is -1.47. The van der Waals surface area contributed by atoms with E-state index < -0.39 is 84.6 Å². The van der Waals surface area contributed by atoms with Gasteiger partial charge in [-0.15, -0.1) is 0 Å². The Balaban J connectivity index is -0.0000000549. The van der Waals surface area contributed by atoms with Crippen molar-refractivity contribution in [2.45, 2.75) is 354 Å². The smallest absolute Gasteiger partial charge is 0.171 e. The van der Waals surface area contributed by atoms with Crippen molar-refractivity contribution >= 4 is 0 Å². The average molecular weight is 1270 g/mol. The molecule has 0 saturated heterocycles. The van der Waals surface area contributed by atoms with E-state index in [4.69, 9.17) is 5.48 Å². The number of alkyl halides is 21. The van der Waals surface area contributed by atoms with E-state index in [1.165, 1.54) is 65.2 Å². The number of hydrogen-bond donors (Lipinski definition) is 0. The molecule has 0 amide bonds. The molecule has 0 spiro atoms. The first-order chi connectivity index (χ1) is 37.3. The minimum absolute atomic E-state index is 0.104. The first-order valence-electron chi connectivity index (χ1n) is 30.8. The van der Waals surface area contributed by atoms with Gasteiger partial charge in [0.2, 0.25) is 0 Å². The van der Waals surface area contributed by atoms with Crippen molar-refractivity contribution in [2.24, 2.45) is 46.3 Å². The van der Waals surface area contributed by atoms with Crippen molar-refractivity contribution in [2.75, 3.05) is 0 Å². The van der Waals surface area contributed by atoms with Gasteiger partial charge in [0.25, 0.3) is 0 Å². The minimum Gasteiger partial charge on any atom is -0.171 e. The molecule has 0 bridgehead atoms. The quantitative estimate of drug-likeness (QED) is 0.151. The Morgan fingerprint density at radius 1 is 0.366 bits per heavy atom. The van der Waals surface area contributed by atoms with Crippen LogP contribution in [0.5, 0.6) is 0 Å². The molecule has 0 radical (unpaired) electrons. The van der Waals surface area contributed by atoms with E-state index in [2.05, 4.69) is 83.1 Å². The number of rotatable bonds is 10. The third-order valence-electron chi connectivity index (χ3n) is 8.68. The molecule has 0 aliphatic carbocycles. The maximum atomic E-state index is 11.6. The summed E-state index contributed by atoms with van der Waals surface area (Å²) in [6.45, 7) is 51.4. The van der Waals surface area contributed by atoms with E-state index in [1.807, 2.05) is 48.5 Å².